The molecule has 0 saturated heterocycles. The highest BCUT2D eigenvalue weighted by molar-refractivity contribution is 9.10. The average Bonchev–Trinajstić information content (AvgIpc) is 2.39. The van der Waals surface area contributed by atoms with Gasteiger partial charge in [0.2, 0.25) is 0 Å². The standard InChI is InChI=1S/C17H26BrN/c1-12(2)14-7-6-8-15(11-14)19-13(3)16-9-4-5-10-17(16)18/h4-5,9-10,12-15,19H,6-8,11H2,1-3H3/t13-,14?,15?/m0/s1. The van der Waals surface area contributed by atoms with E-state index >= 15 is 0 Å². The van der Waals surface area contributed by atoms with Crippen LogP contribution in [0.3, 0.4) is 0 Å². The molecule has 19 heavy (non-hydrogen) atoms. The molecule has 1 aromatic carbocycles. The molecule has 2 heteroatoms. The summed E-state index contributed by atoms with van der Waals surface area (Å²) in [6.45, 7) is 7.01. The lowest BCUT2D eigenvalue weighted by Gasteiger charge is -2.34. The third kappa shape index (κ3) is 4.06. The molecule has 2 rings (SSSR count). The Hall–Kier alpha value is -0.340. The monoisotopic (exact) mass is 323 g/mol. The molecule has 0 radical (unpaired) electrons. The Kier molecular flexibility index (Phi) is 5.47. The maximum absolute atomic E-state index is 3.83. The second kappa shape index (κ2) is 6.90. The van der Waals surface area contributed by atoms with Gasteiger partial charge in [-0.3, -0.25) is 0 Å². The lowest BCUT2D eigenvalue weighted by Crippen LogP contribution is -2.37. The Labute approximate surface area is 126 Å². The predicted molar refractivity (Wildman–Crippen MR) is 86.3 cm³/mol. The van der Waals surface area contributed by atoms with Gasteiger partial charge in [0.1, 0.15) is 0 Å². The normalized spacial score (nSPS) is 25.5. The van der Waals surface area contributed by atoms with Crippen molar-refractivity contribution in [2.75, 3.05) is 0 Å². The minimum atomic E-state index is 0.423. The lowest BCUT2D eigenvalue weighted by atomic mass is 9.79. The van der Waals surface area contributed by atoms with E-state index in [9.17, 15) is 0 Å². The highest BCUT2D eigenvalue weighted by atomic mass is 79.9. The van der Waals surface area contributed by atoms with E-state index in [1.165, 1.54) is 35.7 Å². The number of nitrogens with one attached hydrogen (secondary N) is 1. The fraction of sp³-hybridized carbons (Fsp3) is 0.647. The number of hydrogen-bond acceptors (Lipinski definition) is 1. The van der Waals surface area contributed by atoms with Gasteiger partial charge in [-0.1, -0.05) is 60.8 Å². The van der Waals surface area contributed by atoms with Gasteiger partial charge in [-0.25, -0.2) is 0 Å². The quantitative estimate of drug-likeness (QED) is 0.791. The van der Waals surface area contributed by atoms with Gasteiger partial charge < -0.3 is 5.32 Å². The molecule has 0 heterocycles. The van der Waals surface area contributed by atoms with E-state index in [2.05, 4.69) is 66.3 Å². The fourth-order valence-electron chi connectivity index (χ4n) is 3.25. The van der Waals surface area contributed by atoms with Crippen LogP contribution in [0.25, 0.3) is 0 Å². The van der Waals surface area contributed by atoms with Gasteiger partial charge in [-0.2, -0.15) is 0 Å². The van der Waals surface area contributed by atoms with Crippen LogP contribution in [0.2, 0.25) is 0 Å². The first kappa shape index (κ1) is 15.1. The zero-order valence-corrected chi connectivity index (χ0v) is 13.9. The molecule has 1 aliphatic carbocycles. The molecule has 2 unspecified atom stereocenters. The molecule has 1 aliphatic rings. The summed E-state index contributed by atoms with van der Waals surface area (Å²) in [7, 11) is 0. The maximum Gasteiger partial charge on any atom is 0.0305 e. The molecule has 0 amide bonds. The Bertz CT molecular complexity index is 402. The first-order valence-electron chi connectivity index (χ1n) is 7.58. The van der Waals surface area contributed by atoms with Crippen LogP contribution in [0.15, 0.2) is 28.7 Å². The Morgan fingerprint density at radius 3 is 2.58 bits per heavy atom. The summed E-state index contributed by atoms with van der Waals surface area (Å²) < 4.78 is 1.21. The molecule has 1 saturated carbocycles. The molecule has 0 aliphatic heterocycles. The molecule has 1 nitrogen and oxygen atoms in total. The van der Waals surface area contributed by atoms with E-state index in [-0.39, 0.29) is 0 Å². The van der Waals surface area contributed by atoms with Crippen LogP contribution in [0.1, 0.15) is 58.1 Å². The zero-order chi connectivity index (χ0) is 13.8. The summed E-state index contributed by atoms with van der Waals surface area (Å²) in [4.78, 5) is 0. The van der Waals surface area contributed by atoms with Crippen molar-refractivity contribution in [1.82, 2.24) is 5.32 Å². The van der Waals surface area contributed by atoms with Crippen molar-refractivity contribution < 1.29 is 0 Å². The second-order valence-corrected chi connectivity index (χ2v) is 7.13. The fourth-order valence-corrected chi connectivity index (χ4v) is 3.88. The average molecular weight is 324 g/mol. The highest BCUT2D eigenvalue weighted by Gasteiger charge is 2.25. The molecule has 1 fully saturated rings. The summed E-state index contributed by atoms with van der Waals surface area (Å²) in [5.41, 5.74) is 1.37. The van der Waals surface area contributed by atoms with Gasteiger partial charge in [0.15, 0.2) is 0 Å². The number of rotatable bonds is 4. The number of halogens is 1. The first-order valence-corrected chi connectivity index (χ1v) is 8.37. The van der Waals surface area contributed by atoms with Crippen molar-refractivity contribution in [1.29, 1.82) is 0 Å². The smallest absolute Gasteiger partial charge is 0.0305 e. The summed E-state index contributed by atoms with van der Waals surface area (Å²) in [6.07, 6.45) is 5.47. The topological polar surface area (TPSA) is 12.0 Å². The van der Waals surface area contributed by atoms with Crippen LogP contribution < -0.4 is 5.32 Å². The Morgan fingerprint density at radius 1 is 1.16 bits per heavy atom. The highest BCUT2D eigenvalue weighted by Crippen LogP contribution is 2.32. The predicted octanol–water partition coefficient (Wildman–Crippen LogP) is 5.31. The van der Waals surface area contributed by atoms with E-state index in [1.54, 1.807) is 0 Å². The lowest BCUT2D eigenvalue weighted by molar-refractivity contribution is 0.222. The van der Waals surface area contributed by atoms with Gasteiger partial charge in [0.05, 0.1) is 0 Å². The second-order valence-electron chi connectivity index (χ2n) is 6.28. The van der Waals surface area contributed by atoms with E-state index in [4.69, 9.17) is 0 Å². The van der Waals surface area contributed by atoms with E-state index in [0.717, 1.165) is 11.8 Å². The zero-order valence-electron chi connectivity index (χ0n) is 12.3. The summed E-state index contributed by atoms with van der Waals surface area (Å²) >= 11 is 3.66. The minimum absolute atomic E-state index is 0.423. The molecule has 1 aromatic rings. The van der Waals surface area contributed by atoms with Crippen LogP contribution in [0, 0.1) is 11.8 Å². The van der Waals surface area contributed by atoms with Gasteiger partial charge in [0.25, 0.3) is 0 Å². The molecule has 0 bridgehead atoms. The van der Waals surface area contributed by atoms with Crippen LogP contribution >= 0.6 is 15.9 Å². The van der Waals surface area contributed by atoms with Gasteiger partial charge in [-0.15, -0.1) is 0 Å². The Morgan fingerprint density at radius 2 is 1.89 bits per heavy atom. The number of hydrogen-bond donors (Lipinski definition) is 1. The van der Waals surface area contributed by atoms with Gasteiger partial charge in [-0.05, 0) is 43.2 Å². The van der Waals surface area contributed by atoms with Crippen LogP contribution in [0.4, 0.5) is 0 Å². The van der Waals surface area contributed by atoms with Crippen molar-refractivity contribution in [3.63, 3.8) is 0 Å². The largest absolute Gasteiger partial charge is 0.307 e. The van der Waals surface area contributed by atoms with Crippen molar-refractivity contribution in [2.45, 2.75) is 58.5 Å². The van der Waals surface area contributed by atoms with Crippen LogP contribution in [0.5, 0.6) is 0 Å². The third-order valence-corrected chi connectivity index (χ3v) is 5.24. The molecule has 1 N–H and O–H groups in total. The van der Waals surface area contributed by atoms with Crippen molar-refractivity contribution in [3.8, 4) is 0 Å². The van der Waals surface area contributed by atoms with Crippen LogP contribution in [-0.4, -0.2) is 6.04 Å². The molecule has 0 spiro atoms. The summed E-state index contributed by atoms with van der Waals surface area (Å²) in [5, 5.41) is 3.83. The van der Waals surface area contributed by atoms with Gasteiger partial charge in [0, 0.05) is 16.6 Å². The molecule has 106 valence electrons. The van der Waals surface area contributed by atoms with Crippen molar-refractivity contribution in [3.05, 3.63) is 34.3 Å². The first-order chi connectivity index (χ1) is 9.08. The number of benzene rings is 1. The summed E-state index contributed by atoms with van der Waals surface area (Å²) in [5.74, 6) is 1.72. The SMILES string of the molecule is CC(C)C1CCCC(N[C@@H](C)c2ccccc2Br)C1. The van der Waals surface area contributed by atoms with Crippen LogP contribution in [-0.2, 0) is 0 Å². The molecular weight excluding hydrogens is 298 g/mol. The molecular formula is C17H26BrN. The third-order valence-electron chi connectivity index (χ3n) is 4.52. The minimum Gasteiger partial charge on any atom is -0.307 e. The summed E-state index contributed by atoms with van der Waals surface area (Å²) in [6, 6.07) is 9.65. The molecule has 0 aromatic heterocycles. The van der Waals surface area contributed by atoms with E-state index < -0.39 is 0 Å². The molecule has 3 atom stereocenters. The maximum atomic E-state index is 3.83. The Balaban J connectivity index is 1.95. The van der Waals surface area contributed by atoms with Crippen molar-refractivity contribution in [2.24, 2.45) is 11.8 Å². The van der Waals surface area contributed by atoms with Crippen molar-refractivity contribution >= 4 is 15.9 Å². The van der Waals surface area contributed by atoms with E-state index in [1.807, 2.05) is 0 Å². The van der Waals surface area contributed by atoms with E-state index in [0.29, 0.717) is 12.1 Å². The van der Waals surface area contributed by atoms with Gasteiger partial charge >= 0.3 is 0 Å².